The highest BCUT2D eigenvalue weighted by molar-refractivity contribution is 5.78. The number of alkyl halides is 3. The fourth-order valence-corrected chi connectivity index (χ4v) is 4.33. The summed E-state index contributed by atoms with van der Waals surface area (Å²) in [5.41, 5.74) is 0. The van der Waals surface area contributed by atoms with Gasteiger partial charge in [-0.1, -0.05) is 12.8 Å². The lowest BCUT2D eigenvalue weighted by molar-refractivity contribution is -0.192. The predicted molar refractivity (Wildman–Crippen MR) is 99.4 cm³/mol. The van der Waals surface area contributed by atoms with E-state index < -0.39 is 12.1 Å². The summed E-state index contributed by atoms with van der Waals surface area (Å²) >= 11 is 0. The Morgan fingerprint density at radius 2 is 1.97 bits per heavy atom. The van der Waals surface area contributed by atoms with Crippen LogP contribution in [0.5, 0.6) is 0 Å². The maximum absolute atomic E-state index is 12.4. The Hall–Kier alpha value is -2.14. The first-order valence-corrected chi connectivity index (χ1v) is 10.0. The van der Waals surface area contributed by atoms with E-state index >= 15 is 0 Å². The summed E-state index contributed by atoms with van der Waals surface area (Å²) in [6, 6.07) is 0.220. The molecular weight excluding hydrogens is 405 g/mol. The number of hydrogen-bond acceptors (Lipinski definition) is 5. The molecule has 1 aliphatic carbocycles. The van der Waals surface area contributed by atoms with Crippen molar-refractivity contribution in [2.75, 3.05) is 26.2 Å². The number of ether oxygens (including phenoxy) is 1. The van der Waals surface area contributed by atoms with E-state index in [-0.39, 0.29) is 24.7 Å². The van der Waals surface area contributed by atoms with E-state index in [2.05, 4.69) is 19.4 Å². The average molecular weight is 432 g/mol. The number of carbonyl (C=O) groups is 2. The molecule has 4 rings (SSSR count). The van der Waals surface area contributed by atoms with Crippen LogP contribution >= 0.6 is 0 Å². The molecule has 0 spiro atoms. The average Bonchev–Trinajstić information content (AvgIpc) is 3.40. The van der Waals surface area contributed by atoms with E-state index in [1.165, 1.54) is 25.7 Å². The summed E-state index contributed by atoms with van der Waals surface area (Å²) in [5.74, 6) is -0.817. The third kappa shape index (κ3) is 5.51. The minimum atomic E-state index is -5.08. The molecule has 1 saturated carbocycles. The van der Waals surface area contributed by atoms with Crippen molar-refractivity contribution >= 4 is 11.9 Å². The number of halogens is 3. The summed E-state index contributed by atoms with van der Waals surface area (Å²) in [5, 5.41) is 7.12. The molecule has 3 aliphatic rings. The Bertz CT molecular complexity index is 748. The molecule has 1 aromatic heterocycles. The molecule has 0 unspecified atom stereocenters. The van der Waals surface area contributed by atoms with Crippen molar-refractivity contribution in [3.05, 3.63) is 18.2 Å². The molecule has 3 heterocycles. The fourth-order valence-electron chi connectivity index (χ4n) is 4.33. The van der Waals surface area contributed by atoms with Crippen LogP contribution in [-0.4, -0.2) is 80.9 Å². The van der Waals surface area contributed by atoms with Crippen LogP contribution in [-0.2, 0) is 27.9 Å². The predicted octanol–water partition coefficient (Wildman–Crippen LogP) is 1.66. The van der Waals surface area contributed by atoms with Crippen LogP contribution in [0.2, 0.25) is 0 Å². The van der Waals surface area contributed by atoms with Crippen molar-refractivity contribution < 1.29 is 32.6 Å². The van der Waals surface area contributed by atoms with Crippen LogP contribution < -0.4 is 0 Å². The minimum Gasteiger partial charge on any atom is -0.475 e. The maximum atomic E-state index is 12.4. The molecule has 0 aromatic carbocycles. The third-order valence-electron chi connectivity index (χ3n) is 5.91. The molecule has 3 fully saturated rings. The normalized spacial score (nSPS) is 25.2. The highest BCUT2D eigenvalue weighted by Gasteiger charge is 2.44. The third-order valence-corrected chi connectivity index (χ3v) is 5.91. The standard InChI is InChI=1S/C17H26N4O2.C2HF3O2/c1-19-7-6-18-16(19)11-20-9-14-15(10-20)23-12-17(22)21(14)8-13-4-2-3-5-13;3-2(4,5)1(6)7/h6-7,13-15H,2-5,8-12H2,1H3;(H,6,7)/t14-,15-;/m1./s1. The van der Waals surface area contributed by atoms with Gasteiger partial charge in [0.05, 0.1) is 18.7 Å². The lowest BCUT2D eigenvalue weighted by Crippen LogP contribution is -2.55. The van der Waals surface area contributed by atoms with Crippen LogP contribution in [0.3, 0.4) is 0 Å². The van der Waals surface area contributed by atoms with Gasteiger partial charge in [-0.05, 0) is 18.8 Å². The summed E-state index contributed by atoms with van der Waals surface area (Å²) in [6.07, 6.45) is 4.09. The molecule has 1 N–H and O–H groups in total. The SMILES string of the molecule is Cn1ccnc1CN1C[C@@H]2[C@@H](C1)OCC(=O)N2CC1CCCC1.O=C(O)C(F)(F)F. The first-order valence-electron chi connectivity index (χ1n) is 10.0. The second-order valence-electron chi connectivity index (χ2n) is 8.06. The number of carboxylic acids is 1. The topological polar surface area (TPSA) is 87.9 Å². The van der Waals surface area contributed by atoms with E-state index in [0.29, 0.717) is 5.92 Å². The number of rotatable bonds is 4. The van der Waals surface area contributed by atoms with Crippen molar-refractivity contribution in [3.63, 3.8) is 0 Å². The van der Waals surface area contributed by atoms with Gasteiger partial charge in [0, 0.05) is 39.1 Å². The number of nitrogens with zero attached hydrogens (tertiary/aromatic N) is 4. The lowest BCUT2D eigenvalue weighted by atomic mass is 10.0. The Morgan fingerprint density at radius 1 is 1.30 bits per heavy atom. The van der Waals surface area contributed by atoms with Crippen LogP contribution in [0.25, 0.3) is 0 Å². The van der Waals surface area contributed by atoms with Gasteiger partial charge in [0.25, 0.3) is 0 Å². The van der Waals surface area contributed by atoms with E-state index in [1.807, 2.05) is 19.4 Å². The molecule has 11 heteroatoms. The number of imidazole rings is 1. The molecule has 1 aromatic rings. The van der Waals surface area contributed by atoms with Crippen molar-refractivity contribution in [2.45, 2.75) is 50.6 Å². The molecule has 30 heavy (non-hydrogen) atoms. The van der Waals surface area contributed by atoms with Gasteiger partial charge >= 0.3 is 12.1 Å². The number of fused-ring (bicyclic) bond motifs is 1. The van der Waals surface area contributed by atoms with Gasteiger partial charge in [-0.2, -0.15) is 13.2 Å². The number of carbonyl (C=O) groups excluding carboxylic acids is 1. The van der Waals surface area contributed by atoms with Gasteiger partial charge in [0.1, 0.15) is 12.4 Å². The molecule has 2 saturated heterocycles. The zero-order valence-corrected chi connectivity index (χ0v) is 16.8. The number of amides is 1. The zero-order chi connectivity index (χ0) is 21.9. The monoisotopic (exact) mass is 432 g/mol. The molecule has 168 valence electrons. The van der Waals surface area contributed by atoms with Crippen molar-refractivity contribution in [1.29, 1.82) is 0 Å². The molecule has 1 amide bonds. The summed E-state index contributed by atoms with van der Waals surface area (Å²) in [4.78, 5) is 30.2. The number of likely N-dealkylation sites (tertiary alicyclic amines) is 1. The van der Waals surface area contributed by atoms with E-state index in [0.717, 1.165) is 32.0 Å². The first kappa shape index (κ1) is 22.5. The summed E-state index contributed by atoms with van der Waals surface area (Å²) in [7, 11) is 2.03. The number of aliphatic carboxylic acids is 1. The zero-order valence-electron chi connectivity index (χ0n) is 16.8. The maximum Gasteiger partial charge on any atom is 0.490 e. The molecular formula is C19H27F3N4O4. The first-order chi connectivity index (χ1) is 14.1. The Balaban J connectivity index is 0.000000318. The van der Waals surface area contributed by atoms with Gasteiger partial charge < -0.3 is 19.3 Å². The van der Waals surface area contributed by atoms with Gasteiger partial charge in [-0.25, -0.2) is 9.78 Å². The molecule has 0 bridgehead atoms. The largest absolute Gasteiger partial charge is 0.490 e. The van der Waals surface area contributed by atoms with Gasteiger partial charge in [0.2, 0.25) is 5.91 Å². The Labute approximate surface area is 172 Å². The van der Waals surface area contributed by atoms with Crippen LogP contribution in [0.15, 0.2) is 12.4 Å². The number of aromatic nitrogens is 2. The van der Waals surface area contributed by atoms with Gasteiger partial charge in [-0.15, -0.1) is 0 Å². The highest BCUT2D eigenvalue weighted by Crippen LogP contribution is 2.30. The minimum absolute atomic E-state index is 0.161. The van der Waals surface area contributed by atoms with Crippen LogP contribution in [0, 0.1) is 5.92 Å². The lowest BCUT2D eigenvalue weighted by Gasteiger charge is -2.38. The molecule has 8 nitrogen and oxygen atoms in total. The summed E-state index contributed by atoms with van der Waals surface area (Å²) in [6.45, 7) is 3.80. The Kier molecular flexibility index (Phi) is 7.02. The second kappa shape index (κ2) is 9.34. The van der Waals surface area contributed by atoms with E-state index in [4.69, 9.17) is 14.6 Å². The van der Waals surface area contributed by atoms with Crippen molar-refractivity contribution in [2.24, 2.45) is 13.0 Å². The van der Waals surface area contributed by atoms with Gasteiger partial charge in [-0.3, -0.25) is 9.69 Å². The van der Waals surface area contributed by atoms with Crippen molar-refractivity contribution in [1.82, 2.24) is 19.4 Å². The van der Waals surface area contributed by atoms with Crippen LogP contribution in [0.1, 0.15) is 31.5 Å². The number of carboxylic acid groups (broad SMARTS) is 1. The Morgan fingerprint density at radius 3 is 2.53 bits per heavy atom. The molecule has 0 radical (unpaired) electrons. The molecule has 2 atom stereocenters. The van der Waals surface area contributed by atoms with Crippen molar-refractivity contribution in [3.8, 4) is 0 Å². The van der Waals surface area contributed by atoms with E-state index in [1.54, 1.807) is 0 Å². The fraction of sp³-hybridized carbons (Fsp3) is 0.737. The molecule has 2 aliphatic heterocycles. The number of hydrogen-bond donors (Lipinski definition) is 1. The van der Waals surface area contributed by atoms with E-state index in [9.17, 15) is 18.0 Å². The smallest absolute Gasteiger partial charge is 0.475 e. The highest BCUT2D eigenvalue weighted by atomic mass is 19.4. The number of morpholine rings is 1. The quantitative estimate of drug-likeness (QED) is 0.779. The summed E-state index contributed by atoms with van der Waals surface area (Å²) < 4.78 is 39.6. The van der Waals surface area contributed by atoms with Gasteiger partial charge in [0.15, 0.2) is 0 Å². The second-order valence-corrected chi connectivity index (χ2v) is 8.06. The number of aryl methyl sites for hydroxylation is 1. The van der Waals surface area contributed by atoms with Crippen LogP contribution in [0.4, 0.5) is 13.2 Å².